The lowest BCUT2D eigenvalue weighted by Crippen LogP contribution is -2.48. The Kier molecular flexibility index (Phi) is 3.09. The molecule has 2 aliphatic heterocycles. The smallest absolute Gasteiger partial charge is 0.271 e. The van der Waals surface area contributed by atoms with E-state index in [2.05, 4.69) is 18.9 Å². The number of anilines is 1. The molecule has 0 saturated heterocycles. The minimum absolute atomic E-state index is 0.0296. The lowest BCUT2D eigenvalue weighted by molar-refractivity contribution is -0.118. The fourth-order valence-electron chi connectivity index (χ4n) is 2.49. The van der Waals surface area contributed by atoms with E-state index in [9.17, 15) is 4.79 Å². The van der Waals surface area contributed by atoms with E-state index in [-0.39, 0.29) is 5.91 Å². The number of carbonyl (C=O) groups is 1. The van der Waals surface area contributed by atoms with Crippen molar-refractivity contribution in [2.75, 3.05) is 10.8 Å². The third-order valence-corrected chi connectivity index (χ3v) is 5.54. The third kappa shape index (κ3) is 1.85. The lowest BCUT2D eigenvalue weighted by Gasteiger charge is -2.32. The van der Waals surface area contributed by atoms with Crippen molar-refractivity contribution in [3.63, 3.8) is 0 Å². The summed E-state index contributed by atoms with van der Waals surface area (Å²) in [6, 6.07) is 9.44. The molecule has 20 heavy (non-hydrogen) atoms. The zero-order chi connectivity index (χ0) is 14.3. The summed E-state index contributed by atoms with van der Waals surface area (Å²) in [5.41, 5.74) is 9.45. The summed E-state index contributed by atoms with van der Waals surface area (Å²) in [4.78, 5) is 12.8. The van der Waals surface area contributed by atoms with E-state index < -0.39 is 4.75 Å². The molecule has 1 aromatic carbocycles. The van der Waals surface area contributed by atoms with Crippen molar-refractivity contribution in [3.05, 3.63) is 41.5 Å². The van der Waals surface area contributed by atoms with Crippen LogP contribution in [0.1, 0.15) is 20.3 Å². The topological polar surface area (TPSA) is 58.7 Å². The number of carbonyl (C=O) groups excluding carboxylic acids is 1. The summed E-state index contributed by atoms with van der Waals surface area (Å²) in [5.74, 6) is 1.22. The number of thioether (sulfide) groups is 1. The van der Waals surface area contributed by atoms with Crippen molar-refractivity contribution in [2.45, 2.75) is 25.0 Å². The van der Waals surface area contributed by atoms with Gasteiger partial charge in [-0.1, -0.05) is 29.3 Å². The van der Waals surface area contributed by atoms with Crippen molar-refractivity contribution in [1.29, 1.82) is 0 Å². The standard InChI is InChI=1S/C15H17N3OS/c1-10-8-15(20-9-11(10)2)13(16)17-18(14(15)19)12-6-4-3-5-7-12/h3-7H,8-9H2,1-2H3,(H2,16,17)/t15-/m1/s1. The van der Waals surface area contributed by atoms with E-state index in [4.69, 9.17) is 5.73 Å². The first-order valence-electron chi connectivity index (χ1n) is 6.58. The summed E-state index contributed by atoms with van der Waals surface area (Å²) < 4.78 is -0.709. The van der Waals surface area contributed by atoms with Gasteiger partial charge in [0, 0.05) is 5.75 Å². The SMILES string of the molecule is CC1=C(C)C[C@]2(SC1)C(=O)N(c1ccccc1)N=C2N. The van der Waals surface area contributed by atoms with E-state index in [0.29, 0.717) is 12.3 Å². The molecule has 2 aliphatic rings. The second kappa shape index (κ2) is 4.66. The number of nitrogens with two attached hydrogens (primary N) is 1. The number of nitrogens with zero attached hydrogens (tertiary/aromatic N) is 2. The molecule has 0 aliphatic carbocycles. The van der Waals surface area contributed by atoms with Crippen LogP contribution in [-0.2, 0) is 4.79 Å². The number of hydrogen-bond acceptors (Lipinski definition) is 4. The number of benzene rings is 1. The molecule has 1 spiro atoms. The van der Waals surface area contributed by atoms with Crippen molar-refractivity contribution < 1.29 is 4.79 Å². The van der Waals surface area contributed by atoms with Gasteiger partial charge in [0.15, 0.2) is 4.75 Å². The molecule has 2 heterocycles. The maximum absolute atomic E-state index is 12.8. The van der Waals surface area contributed by atoms with Gasteiger partial charge in [0.1, 0.15) is 5.84 Å². The number of amidine groups is 1. The van der Waals surface area contributed by atoms with Crippen molar-refractivity contribution in [2.24, 2.45) is 10.8 Å². The molecule has 2 N–H and O–H groups in total. The van der Waals surface area contributed by atoms with Crippen LogP contribution in [0.25, 0.3) is 0 Å². The highest BCUT2D eigenvalue weighted by molar-refractivity contribution is 8.02. The zero-order valence-corrected chi connectivity index (χ0v) is 12.4. The highest BCUT2D eigenvalue weighted by Gasteiger charge is 2.52. The molecule has 0 bridgehead atoms. The van der Waals surface area contributed by atoms with Crippen LogP contribution in [0.4, 0.5) is 5.69 Å². The maximum atomic E-state index is 12.8. The summed E-state index contributed by atoms with van der Waals surface area (Å²) in [5, 5.41) is 5.75. The molecule has 1 aromatic rings. The van der Waals surface area contributed by atoms with Crippen molar-refractivity contribution in [3.8, 4) is 0 Å². The quantitative estimate of drug-likeness (QED) is 0.807. The summed E-state index contributed by atoms with van der Waals surface area (Å²) in [6.07, 6.45) is 0.654. The van der Waals surface area contributed by atoms with Gasteiger partial charge in [0.25, 0.3) is 5.91 Å². The van der Waals surface area contributed by atoms with E-state index in [1.165, 1.54) is 16.2 Å². The van der Waals surface area contributed by atoms with Gasteiger partial charge in [0.2, 0.25) is 0 Å². The first kappa shape index (κ1) is 13.2. The van der Waals surface area contributed by atoms with Crippen molar-refractivity contribution in [1.82, 2.24) is 0 Å². The van der Waals surface area contributed by atoms with Crippen LogP contribution in [0, 0.1) is 0 Å². The normalized spacial score (nSPS) is 26.4. The Labute approximate surface area is 122 Å². The molecule has 0 radical (unpaired) electrons. The van der Waals surface area contributed by atoms with E-state index >= 15 is 0 Å². The zero-order valence-electron chi connectivity index (χ0n) is 11.6. The summed E-state index contributed by atoms with van der Waals surface area (Å²) >= 11 is 1.59. The van der Waals surface area contributed by atoms with Crippen LogP contribution < -0.4 is 10.7 Å². The Hall–Kier alpha value is -1.75. The highest BCUT2D eigenvalue weighted by atomic mass is 32.2. The summed E-state index contributed by atoms with van der Waals surface area (Å²) in [6.45, 7) is 4.18. The van der Waals surface area contributed by atoms with Gasteiger partial charge in [0.05, 0.1) is 5.69 Å². The molecular weight excluding hydrogens is 270 g/mol. The minimum atomic E-state index is -0.709. The van der Waals surface area contributed by atoms with Crippen LogP contribution in [0.5, 0.6) is 0 Å². The van der Waals surface area contributed by atoms with Crippen LogP contribution in [0.15, 0.2) is 46.6 Å². The fourth-order valence-corrected chi connectivity index (χ4v) is 3.92. The highest BCUT2D eigenvalue weighted by Crippen LogP contribution is 2.44. The number of para-hydroxylation sites is 1. The first-order chi connectivity index (χ1) is 9.54. The molecule has 4 nitrogen and oxygen atoms in total. The Morgan fingerprint density at radius 1 is 1.25 bits per heavy atom. The molecular formula is C15H17N3OS. The number of hydrogen-bond donors (Lipinski definition) is 1. The maximum Gasteiger partial charge on any atom is 0.271 e. The minimum Gasteiger partial charge on any atom is -0.384 e. The van der Waals surface area contributed by atoms with Gasteiger partial charge in [-0.3, -0.25) is 4.79 Å². The Morgan fingerprint density at radius 3 is 2.60 bits per heavy atom. The number of allylic oxidation sites excluding steroid dienone is 1. The van der Waals surface area contributed by atoms with Gasteiger partial charge >= 0.3 is 0 Å². The number of rotatable bonds is 1. The Balaban J connectivity index is 1.98. The lowest BCUT2D eigenvalue weighted by atomic mass is 9.94. The fraction of sp³-hybridized carbons (Fsp3) is 0.333. The van der Waals surface area contributed by atoms with Crippen LogP contribution in [-0.4, -0.2) is 22.2 Å². The molecule has 0 fully saturated rings. The third-order valence-electron chi connectivity index (χ3n) is 3.94. The number of amides is 1. The van der Waals surface area contributed by atoms with Gasteiger partial charge in [-0.25, -0.2) is 0 Å². The Bertz CT molecular complexity index is 623. The predicted octanol–water partition coefficient (Wildman–Crippen LogP) is 2.52. The van der Waals surface area contributed by atoms with Crippen LogP contribution in [0.2, 0.25) is 0 Å². The summed E-state index contributed by atoms with van der Waals surface area (Å²) in [7, 11) is 0. The molecule has 104 valence electrons. The average molecular weight is 287 g/mol. The van der Waals surface area contributed by atoms with Gasteiger partial charge in [-0.2, -0.15) is 10.1 Å². The molecule has 3 rings (SSSR count). The molecule has 1 atom stereocenters. The molecule has 0 unspecified atom stereocenters. The second-order valence-electron chi connectivity index (χ2n) is 5.29. The van der Waals surface area contributed by atoms with Gasteiger partial charge < -0.3 is 5.73 Å². The van der Waals surface area contributed by atoms with Crippen LogP contribution >= 0.6 is 11.8 Å². The van der Waals surface area contributed by atoms with Gasteiger partial charge in [-0.05, 0) is 32.4 Å². The number of hydrazone groups is 1. The van der Waals surface area contributed by atoms with Gasteiger partial charge in [-0.15, -0.1) is 11.8 Å². The molecule has 0 aromatic heterocycles. The average Bonchev–Trinajstić information content (AvgIpc) is 2.69. The molecule has 1 amide bonds. The second-order valence-corrected chi connectivity index (χ2v) is 6.57. The van der Waals surface area contributed by atoms with Crippen LogP contribution in [0.3, 0.4) is 0 Å². The van der Waals surface area contributed by atoms with E-state index in [1.807, 2.05) is 30.3 Å². The largest absolute Gasteiger partial charge is 0.384 e. The molecule has 0 saturated carbocycles. The monoisotopic (exact) mass is 287 g/mol. The Morgan fingerprint density at radius 2 is 1.95 bits per heavy atom. The van der Waals surface area contributed by atoms with Crippen molar-refractivity contribution >= 4 is 29.2 Å². The predicted molar refractivity (Wildman–Crippen MR) is 83.7 cm³/mol. The first-order valence-corrected chi connectivity index (χ1v) is 7.56. The van der Waals surface area contributed by atoms with E-state index in [1.54, 1.807) is 11.8 Å². The van der Waals surface area contributed by atoms with E-state index in [0.717, 1.165) is 11.4 Å². The molecule has 5 heteroatoms.